The summed E-state index contributed by atoms with van der Waals surface area (Å²) in [5.74, 6) is -3.24. The molecule has 3 rings (SSSR count). The van der Waals surface area contributed by atoms with Crippen LogP contribution in [0.2, 0.25) is 0 Å². The molecule has 1 aliphatic rings. The summed E-state index contributed by atoms with van der Waals surface area (Å²) in [7, 11) is 2.21. The van der Waals surface area contributed by atoms with E-state index >= 15 is 0 Å². The van der Waals surface area contributed by atoms with Crippen molar-refractivity contribution >= 4 is 50.3 Å². The predicted octanol–water partition coefficient (Wildman–Crippen LogP) is -0.491. The molecule has 0 saturated carbocycles. The molecule has 2 aromatic carbocycles. The van der Waals surface area contributed by atoms with Crippen LogP contribution < -0.4 is 8.92 Å². The van der Waals surface area contributed by atoms with E-state index in [1.54, 1.807) is 48.5 Å². The van der Waals surface area contributed by atoms with Crippen LogP contribution in [0, 0.1) is 0 Å². The summed E-state index contributed by atoms with van der Waals surface area (Å²) in [6.07, 6.45) is 0. The van der Waals surface area contributed by atoms with Gasteiger partial charge in [-0.15, -0.1) is 0 Å². The van der Waals surface area contributed by atoms with E-state index in [4.69, 9.17) is 4.74 Å². The number of esters is 2. The summed E-state index contributed by atoms with van der Waals surface area (Å²) >= 11 is -2.53. The molecule has 0 atom stereocenters. The average Bonchev–Trinajstić information content (AvgIpc) is 2.69. The molecule has 0 aliphatic carbocycles. The summed E-state index contributed by atoms with van der Waals surface area (Å²) in [6.45, 7) is 0. The van der Waals surface area contributed by atoms with Crippen LogP contribution in [0.3, 0.4) is 0 Å². The predicted molar refractivity (Wildman–Crippen MR) is 95.4 cm³/mol. The third kappa shape index (κ3) is 2.81. The van der Waals surface area contributed by atoms with E-state index in [-0.39, 0.29) is 10.2 Å². The fourth-order valence-corrected chi connectivity index (χ4v) is 7.70. The molecule has 0 spiro atoms. The molecule has 0 amide bonds. The number of benzene rings is 2. The summed E-state index contributed by atoms with van der Waals surface area (Å²) in [4.78, 5) is 49.7. The van der Waals surface area contributed by atoms with Gasteiger partial charge in [-0.25, -0.2) is 0 Å². The molecule has 0 aromatic heterocycles. The number of methoxy groups -OCH3 is 2. The molecule has 2 aromatic rings. The first-order valence-corrected chi connectivity index (χ1v) is 10.1. The summed E-state index contributed by atoms with van der Waals surface area (Å²) in [5.41, 5.74) is 0.852. The van der Waals surface area contributed by atoms with Crippen molar-refractivity contribution in [2.75, 3.05) is 14.2 Å². The van der Waals surface area contributed by atoms with Crippen LogP contribution in [-0.4, -0.2) is 55.6 Å². The normalized spacial score (nSPS) is 12.6. The number of hydrogen-bond acceptors (Lipinski definition) is 6. The second kappa shape index (κ2) is 7.15. The topological polar surface area (TPSA) is 86.7 Å². The Labute approximate surface area is 153 Å². The Morgan fingerprint density at radius 3 is 1.69 bits per heavy atom. The number of ketones is 2. The summed E-state index contributed by atoms with van der Waals surface area (Å²) < 4.78 is 10.2. The zero-order valence-electron chi connectivity index (χ0n) is 14.0. The first-order valence-electron chi connectivity index (χ1n) is 7.56. The van der Waals surface area contributed by atoms with Crippen LogP contribution in [-0.2, 0) is 23.9 Å². The van der Waals surface area contributed by atoms with Crippen LogP contribution >= 0.6 is 0 Å². The molecule has 0 bridgehead atoms. The third-order valence-electron chi connectivity index (χ3n) is 3.86. The van der Waals surface area contributed by atoms with E-state index in [0.29, 0.717) is 20.1 Å². The second-order valence-corrected chi connectivity index (χ2v) is 9.26. The van der Waals surface area contributed by atoms with Gasteiger partial charge in [-0.1, -0.05) is 0 Å². The third-order valence-corrected chi connectivity index (χ3v) is 8.79. The number of fused-ring (bicyclic) bond motifs is 2. The van der Waals surface area contributed by atoms with E-state index in [1.807, 2.05) is 0 Å². The number of rotatable bonds is 3. The van der Waals surface area contributed by atoms with Crippen LogP contribution in [0.4, 0.5) is 0 Å². The van der Waals surface area contributed by atoms with Crippen molar-refractivity contribution in [3.05, 3.63) is 59.7 Å². The number of Topliss-reactive ketones (excluding diaryl/α,β-unsaturated/α-hetero) is 1. The molecule has 0 saturated heterocycles. The zero-order valence-corrected chi connectivity index (χ0v) is 15.7. The number of ether oxygens (including phenoxy) is 2. The Kier molecular flexibility index (Phi) is 4.93. The van der Waals surface area contributed by atoms with Gasteiger partial charge in [-0.05, 0) is 0 Å². The molecule has 1 aliphatic heterocycles. The van der Waals surface area contributed by atoms with E-state index in [9.17, 15) is 19.2 Å². The molecule has 0 unspecified atom stereocenters. The van der Waals surface area contributed by atoms with Gasteiger partial charge < -0.3 is 0 Å². The maximum atomic E-state index is 12.8. The minimum atomic E-state index is -2.53. The number of carbonyl (C=O) groups is 4. The Hall–Kier alpha value is -2.89. The van der Waals surface area contributed by atoms with Gasteiger partial charge in [0.25, 0.3) is 0 Å². The van der Waals surface area contributed by atoms with Gasteiger partial charge in [0.15, 0.2) is 0 Å². The fraction of sp³-hybridized carbons (Fsp3) is 0.105. The van der Waals surface area contributed by atoms with Crippen LogP contribution in [0.5, 0.6) is 0 Å². The SMILES string of the molecule is COC(=O)C(=O)C(C(=O)OC)=[Se]1c2ccccc2C(=O)c2ccccc21. The van der Waals surface area contributed by atoms with Gasteiger partial charge >= 0.3 is 153 Å². The number of carbonyl (C=O) groups excluding carboxylic acids is 4. The molecule has 26 heavy (non-hydrogen) atoms. The van der Waals surface area contributed by atoms with Crippen molar-refractivity contribution in [2.45, 2.75) is 0 Å². The molecule has 1 heterocycles. The van der Waals surface area contributed by atoms with Crippen LogP contribution in [0.25, 0.3) is 0 Å². The van der Waals surface area contributed by atoms with Gasteiger partial charge in [-0.3, -0.25) is 0 Å². The Balaban J connectivity index is 2.44. The summed E-state index contributed by atoms with van der Waals surface area (Å²) in [6, 6.07) is 13.6. The van der Waals surface area contributed by atoms with Crippen molar-refractivity contribution in [1.29, 1.82) is 0 Å². The maximum absolute atomic E-state index is 12.8. The standard InChI is InChI=1S/C19H14O6Se/c1-24-18(22)16(21)17(19(23)25-2)26-13-9-5-3-7-11(13)15(20)12-8-4-6-10-14(12)26/h3-10H,1-2H3. The van der Waals surface area contributed by atoms with E-state index in [0.717, 1.165) is 14.2 Å². The monoisotopic (exact) mass is 418 g/mol. The van der Waals surface area contributed by atoms with E-state index in [1.165, 1.54) is 0 Å². The van der Waals surface area contributed by atoms with Crippen molar-refractivity contribution in [3.63, 3.8) is 0 Å². The molecular formula is C19H14O6Se. The van der Waals surface area contributed by atoms with Gasteiger partial charge in [0, 0.05) is 0 Å². The van der Waals surface area contributed by atoms with Gasteiger partial charge in [-0.2, -0.15) is 0 Å². The molecule has 0 fully saturated rings. The average molecular weight is 417 g/mol. The quantitative estimate of drug-likeness (QED) is 0.248. The van der Waals surface area contributed by atoms with Crippen LogP contribution in [0.1, 0.15) is 15.9 Å². The van der Waals surface area contributed by atoms with Crippen molar-refractivity contribution in [1.82, 2.24) is 0 Å². The van der Waals surface area contributed by atoms with Gasteiger partial charge in [0.2, 0.25) is 0 Å². The zero-order chi connectivity index (χ0) is 18.8. The molecule has 0 N–H and O–H groups in total. The van der Waals surface area contributed by atoms with E-state index in [2.05, 4.69) is 4.74 Å². The number of hydrogen-bond donors (Lipinski definition) is 0. The van der Waals surface area contributed by atoms with Gasteiger partial charge in [0.05, 0.1) is 0 Å². The van der Waals surface area contributed by atoms with E-state index < -0.39 is 31.2 Å². The Morgan fingerprint density at radius 1 is 0.769 bits per heavy atom. The van der Waals surface area contributed by atoms with Crippen molar-refractivity contribution < 1.29 is 28.7 Å². The molecule has 0 radical (unpaired) electrons. The molecule has 6 nitrogen and oxygen atoms in total. The molecular weight excluding hydrogens is 403 g/mol. The molecule has 132 valence electrons. The Bertz CT molecular complexity index is 938. The van der Waals surface area contributed by atoms with Crippen molar-refractivity contribution in [3.8, 4) is 0 Å². The summed E-state index contributed by atoms with van der Waals surface area (Å²) in [5, 5.41) is 0. The van der Waals surface area contributed by atoms with Crippen molar-refractivity contribution in [2.24, 2.45) is 0 Å². The Morgan fingerprint density at radius 2 is 1.23 bits per heavy atom. The fourth-order valence-electron chi connectivity index (χ4n) is 2.69. The van der Waals surface area contributed by atoms with Crippen LogP contribution in [0.15, 0.2) is 48.5 Å². The second-order valence-electron chi connectivity index (χ2n) is 5.27. The minimum absolute atomic E-state index is 0.175. The van der Waals surface area contributed by atoms with Gasteiger partial charge in [0.1, 0.15) is 0 Å². The first kappa shape index (κ1) is 17.9. The molecule has 7 heteroatoms. The first-order chi connectivity index (χ1) is 12.5.